The van der Waals surface area contributed by atoms with Gasteiger partial charge in [-0.1, -0.05) is 0 Å². The Labute approximate surface area is 34.0 Å². The smallest absolute Gasteiger partial charge is 0.370 e. The molecule has 3 heterocycles. The minimum absolute atomic E-state index is 0.0972. The molecular weight excluding hydrogens is 80.0 g/mol. The van der Waals surface area contributed by atoms with Gasteiger partial charge in [-0.05, 0) is 0 Å². The fraction of sp³-hybridized carbons (Fsp3) is 1.00. The minimum Gasteiger partial charge on any atom is -0.377 e. The molecule has 30 valence electrons. The summed E-state index contributed by atoms with van der Waals surface area (Å²) in [7, 11) is 0. The summed E-state index contributed by atoms with van der Waals surface area (Å²) in [6.45, 7) is 0. The molecule has 2 aliphatic carbocycles. The van der Waals surface area contributed by atoms with Crippen LogP contribution >= 0.6 is 0 Å². The number of aliphatic hydroxyl groups excluding tert-OH is 1. The first kappa shape index (κ1) is 1.80. The van der Waals surface area contributed by atoms with E-state index >= 15 is 0 Å². The largest absolute Gasteiger partial charge is 0.377 e. The van der Waals surface area contributed by atoms with E-state index in [0.29, 0.717) is 11.2 Å². The Hall–Kier alpha value is -0.0800. The fourth-order valence-electron chi connectivity index (χ4n) is 2.05. The van der Waals surface area contributed by atoms with E-state index in [1.807, 2.05) is 0 Å². The quantitative estimate of drug-likeness (QED) is 0.288. The lowest BCUT2D eigenvalue weighted by Crippen LogP contribution is -2.08. The first-order valence-corrected chi connectivity index (χ1v) is 2.31. The summed E-state index contributed by atoms with van der Waals surface area (Å²) in [4.78, 5) is 0. The average molecular weight is 83.1 g/mol. The van der Waals surface area contributed by atoms with Crippen LogP contribution in [0.15, 0.2) is 0 Å². The summed E-state index contributed by atoms with van der Waals surface area (Å²) in [5.41, 5.74) is 0.819. The van der Waals surface area contributed by atoms with E-state index in [1.54, 1.807) is 0 Å². The fourth-order valence-corrected chi connectivity index (χ4v) is 2.05. The molecular formula is C4H3O2+. The zero-order valence-electron chi connectivity index (χ0n) is 3.01. The molecule has 2 unspecified atom stereocenters. The van der Waals surface area contributed by atoms with Crippen molar-refractivity contribution in [3.05, 3.63) is 0 Å². The normalized spacial score (nSPS) is 110. The summed E-state index contributed by atoms with van der Waals surface area (Å²) >= 11 is 0. The van der Waals surface area contributed by atoms with Gasteiger partial charge in [-0.2, -0.15) is 0 Å². The molecule has 3 aliphatic heterocycles. The van der Waals surface area contributed by atoms with Gasteiger partial charge < -0.3 is 9.47 Å². The van der Waals surface area contributed by atoms with Gasteiger partial charge in [0.05, 0.1) is 0 Å². The summed E-state index contributed by atoms with van der Waals surface area (Å²) in [5, 5.41) is 8.74. The lowest BCUT2D eigenvalue weighted by atomic mass is 10.4. The number of rotatable bonds is 0. The zero-order valence-corrected chi connectivity index (χ0v) is 3.01. The minimum atomic E-state index is 0.0972. The van der Waals surface area contributed by atoms with E-state index in [-0.39, 0.29) is 6.10 Å². The Morgan fingerprint density at radius 1 is 1.50 bits per heavy atom. The van der Waals surface area contributed by atoms with E-state index in [9.17, 15) is 0 Å². The molecule has 0 amide bonds. The maximum atomic E-state index is 8.74. The second kappa shape index (κ2) is 0.173. The molecule has 3 saturated heterocycles. The molecule has 0 bridgehead atoms. The lowest BCUT2D eigenvalue weighted by molar-refractivity contribution is 0.100. The number of aliphatic hydroxyl groups is 1. The van der Waals surface area contributed by atoms with Crippen molar-refractivity contribution in [1.82, 2.24) is 0 Å². The van der Waals surface area contributed by atoms with E-state index < -0.39 is 0 Å². The summed E-state index contributed by atoms with van der Waals surface area (Å²) in [5.74, 6) is 0. The van der Waals surface area contributed by atoms with Crippen LogP contribution in [0.25, 0.3) is 0 Å². The van der Waals surface area contributed by atoms with Gasteiger partial charge in [0.15, 0.2) is 0 Å². The predicted molar refractivity (Wildman–Crippen MR) is 16.3 cm³/mol. The Balaban J connectivity index is 2.32. The molecule has 5 rings (SSSR count). The van der Waals surface area contributed by atoms with Crippen molar-refractivity contribution in [2.45, 2.75) is 23.4 Å². The Kier molecular flexibility index (Phi) is 0.0519. The van der Waals surface area contributed by atoms with Gasteiger partial charge in [-0.15, -0.1) is 0 Å². The highest BCUT2D eigenvalue weighted by Crippen LogP contribution is 3.17. The molecule has 2 heteroatoms. The van der Waals surface area contributed by atoms with E-state index in [4.69, 9.17) is 5.11 Å². The van der Waals surface area contributed by atoms with Crippen molar-refractivity contribution in [2.24, 2.45) is 0 Å². The average Bonchev–Trinajstić information content (AvgIpc) is 2.32. The van der Waals surface area contributed by atoms with Crippen LogP contribution in [-0.2, 0) is 4.37 Å². The van der Waals surface area contributed by atoms with Crippen LogP contribution in [0.5, 0.6) is 0 Å². The zero-order chi connectivity index (χ0) is 3.73. The van der Waals surface area contributed by atoms with Gasteiger partial charge in [0.1, 0.15) is 0 Å². The maximum absolute atomic E-state index is 8.74. The van der Waals surface area contributed by atoms with Crippen molar-refractivity contribution in [2.75, 3.05) is 0 Å². The van der Waals surface area contributed by atoms with Crippen molar-refractivity contribution < 1.29 is 9.47 Å². The molecule has 2 nitrogen and oxygen atoms in total. The number of hydrogen-bond donors (Lipinski definition) is 1. The highest BCUT2D eigenvalue weighted by molar-refractivity contribution is 5.85. The highest BCUT2D eigenvalue weighted by Gasteiger charge is 3.58. The van der Waals surface area contributed by atoms with Crippen molar-refractivity contribution in [1.29, 1.82) is 0 Å². The third kappa shape index (κ3) is 0.0221. The number of hydrogen-bond acceptors (Lipinski definition) is 1. The molecule has 2 spiro atoms. The Morgan fingerprint density at radius 2 is 2.00 bits per heavy atom. The Morgan fingerprint density at radius 3 is 2.00 bits per heavy atom. The van der Waals surface area contributed by atoms with Gasteiger partial charge in [0.25, 0.3) is 0 Å². The molecule has 1 N–H and O–H groups in total. The SMILES string of the molecule is OC1[C@]23C4[O+]2[C@@]143. The van der Waals surface area contributed by atoms with Crippen LogP contribution in [-0.4, -0.2) is 28.5 Å². The van der Waals surface area contributed by atoms with Crippen LogP contribution in [0.2, 0.25) is 0 Å². The summed E-state index contributed by atoms with van der Waals surface area (Å²) in [6, 6.07) is 0. The second-order valence-corrected chi connectivity index (χ2v) is 2.71. The molecule has 6 heavy (non-hydrogen) atoms. The molecule has 2 saturated carbocycles. The molecule has 0 aromatic heterocycles. The summed E-state index contributed by atoms with van der Waals surface area (Å²) in [6.07, 6.45) is 0.931. The van der Waals surface area contributed by atoms with Gasteiger partial charge in [-0.3, -0.25) is 0 Å². The van der Waals surface area contributed by atoms with E-state index in [0.717, 1.165) is 6.10 Å². The van der Waals surface area contributed by atoms with Crippen molar-refractivity contribution >= 4 is 0 Å². The van der Waals surface area contributed by atoms with Gasteiger partial charge in [0, 0.05) is 0 Å². The van der Waals surface area contributed by atoms with Gasteiger partial charge >= 0.3 is 17.3 Å². The molecule has 0 radical (unpaired) electrons. The van der Waals surface area contributed by atoms with Crippen LogP contribution in [0.4, 0.5) is 0 Å². The lowest BCUT2D eigenvalue weighted by Gasteiger charge is -1.76. The monoisotopic (exact) mass is 83.0 g/mol. The topological polar surface area (TPSA) is 22.9 Å². The molecule has 5 fully saturated rings. The third-order valence-corrected chi connectivity index (χ3v) is 2.84. The Bertz CT molecular complexity index is 158. The molecule has 0 aromatic rings. The first-order valence-electron chi connectivity index (χ1n) is 2.31. The van der Waals surface area contributed by atoms with Crippen LogP contribution in [0, 0.1) is 0 Å². The molecule has 5 aliphatic rings. The van der Waals surface area contributed by atoms with Gasteiger partial charge in [0.2, 0.25) is 6.10 Å². The standard InChI is InChI=1S/C4H3O2/c5-1-3-2-4(1,3)6(2)3/h1-2,5H/q+1/t1?,2?,3-,4+. The van der Waals surface area contributed by atoms with E-state index in [2.05, 4.69) is 4.37 Å². The molecule has 0 aromatic carbocycles. The van der Waals surface area contributed by atoms with E-state index in [1.165, 1.54) is 0 Å². The van der Waals surface area contributed by atoms with Crippen molar-refractivity contribution in [3.8, 4) is 0 Å². The van der Waals surface area contributed by atoms with Gasteiger partial charge in [-0.25, -0.2) is 0 Å². The maximum Gasteiger partial charge on any atom is 0.370 e. The predicted octanol–water partition coefficient (Wildman–Crippen LogP) is -1.20. The number of epoxide rings is 3. The second-order valence-electron chi connectivity index (χ2n) is 2.71. The first-order chi connectivity index (χ1) is 2.89. The van der Waals surface area contributed by atoms with Crippen molar-refractivity contribution in [3.63, 3.8) is 0 Å². The van der Waals surface area contributed by atoms with Crippen LogP contribution < -0.4 is 0 Å². The summed E-state index contributed by atoms with van der Waals surface area (Å²) < 4.78 is 3.01. The third-order valence-electron chi connectivity index (χ3n) is 2.84. The molecule has 4 atom stereocenters. The highest BCUT2D eigenvalue weighted by atomic mass is 17.1. The van der Waals surface area contributed by atoms with Crippen LogP contribution in [0.3, 0.4) is 0 Å². The van der Waals surface area contributed by atoms with Crippen LogP contribution in [0.1, 0.15) is 0 Å².